The summed E-state index contributed by atoms with van der Waals surface area (Å²) in [6, 6.07) is 14.9. The third kappa shape index (κ3) is 3.53. The molecule has 0 bridgehead atoms. The molecule has 5 rings (SSSR count). The number of H-pyrrole nitrogens is 1. The molecule has 2 aliphatic carbocycles. The molecule has 2 aromatic carbocycles. The topological polar surface area (TPSA) is 71.8 Å². The predicted molar refractivity (Wildman–Crippen MR) is 117 cm³/mol. The van der Waals surface area contributed by atoms with Gasteiger partial charge >= 0.3 is 11.2 Å². The number of anilines is 2. The van der Waals surface area contributed by atoms with Gasteiger partial charge in [-0.1, -0.05) is 59.8 Å². The third-order valence-corrected chi connectivity index (χ3v) is 6.95. The van der Waals surface area contributed by atoms with Crippen LogP contribution < -0.4 is 10.9 Å². The summed E-state index contributed by atoms with van der Waals surface area (Å²) >= 11 is 1.27. The van der Waals surface area contributed by atoms with Gasteiger partial charge in [-0.15, -0.1) is 0 Å². The van der Waals surface area contributed by atoms with Crippen LogP contribution in [0.1, 0.15) is 43.2 Å². The first-order valence-corrected chi connectivity index (χ1v) is 11.2. The van der Waals surface area contributed by atoms with Crippen LogP contribution in [0.25, 0.3) is 11.1 Å². The Hall–Kier alpha value is -2.73. The van der Waals surface area contributed by atoms with Crippen LogP contribution in [0.2, 0.25) is 0 Å². The van der Waals surface area contributed by atoms with Crippen LogP contribution in [-0.2, 0) is 6.42 Å². The standard InChI is InChI=1S/C23H24N4OS/c24-27(14-15-6-2-1-3-7-15)21-22(28)26-29-23(21)25-18-10-11-20-17(13-18)12-16-8-4-5-9-19(16)20/h4-5,8-11,13,15H,1-3,6-7,12,14H2,(H2-,24,25,26,28)/p+1. The predicted octanol–water partition coefficient (Wildman–Crippen LogP) is 6.01. The minimum atomic E-state index is -0.183. The third-order valence-electron chi connectivity index (χ3n) is 6.16. The molecule has 6 heteroatoms. The summed E-state index contributed by atoms with van der Waals surface area (Å²) in [7, 11) is 0. The fourth-order valence-electron chi connectivity index (χ4n) is 4.70. The second kappa shape index (κ2) is 7.59. The van der Waals surface area contributed by atoms with E-state index in [4.69, 9.17) is 5.53 Å². The largest absolute Gasteiger partial charge is 0.340 e. The van der Waals surface area contributed by atoms with Crippen molar-refractivity contribution in [3.8, 4) is 11.1 Å². The molecule has 0 atom stereocenters. The molecular weight excluding hydrogens is 380 g/mol. The summed E-state index contributed by atoms with van der Waals surface area (Å²) < 4.78 is 4.20. The van der Waals surface area contributed by atoms with Gasteiger partial charge < -0.3 is 5.32 Å². The summed E-state index contributed by atoms with van der Waals surface area (Å²) in [5.41, 5.74) is 15.0. The number of hydrogen-bond acceptors (Lipinski definition) is 4. The molecule has 1 saturated carbocycles. The highest BCUT2D eigenvalue weighted by Crippen LogP contribution is 2.39. The molecule has 1 heterocycles. The quantitative estimate of drug-likeness (QED) is 0.281. The Bertz CT molecular complexity index is 1120. The van der Waals surface area contributed by atoms with Crippen LogP contribution in [0.5, 0.6) is 0 Å². The van der Waals surface area contributed by atoms with Gasteiger partial charge in [-0.3, -0.25) is 9.17 Å². The zero-order chi connectivity index (χ0) is 19.8. The lowest BCUT2D eigenvalue weighted by Gasteiger charge is -2.18. The van der Waals surface area contributed by atoms with Gasteiger partial charge in [0.15, 0.2) is 11.5 Å². The highest BCUT2D eigenvalue weighted by molar-refractivity contribution is 7.10. The number of fused-ring (bicyclic) bond motifs is 3. The van der Waals surface area contributed by atoms with E-state index in [1.165, 1.54) is 57.7 Å². The minimum absolute atomic E-state index is 0.183. The van der Waals surface area contributed by atoms with Gasteiger partial charge in [0, 0.05) is 11.6 Å². The Labute approximate surface area is 174 Å². The number of nitrogens with zero attached hydrogens (tertiary/aromatic N) is 1. The lowest BCUT2D eigenvalue weighted by Crippen LogP contribution is -2.21. The van der Waals surface area contributed by atoms with E-state index < -0.39 is 0 Å². The van der Waals surface area contributed by atoms with Gasteiger partial charge in [-0.25, -0.2) is 0 Å². The van der Waals surface area contributed by atoms with E-state index in [2.05, 4.69) is 52.2 Å². The van der Waals surface area contributed by atoms with Crippen LogP contribution in [0.4, 0.5) is 16.4 Å². The molecular formula is C23H25N4OS+. The first-order valence-electron chi connectivity index (χ1n) is 10.4. The number of benzene rings is 2. The van der Waals surface area contributed by atoms with Crippen molar-refractivity contribution < 1.29 is 4.70 Å². The lowest BCUT2D eigenvalue weighted by molar-refractivity contribution is -0.543. The van der Waals surface area contributed by atoms with Crippen LogP contribution in [-0.4, -0.2) is 15.6 Å². The van der Waals surface area contributed by atoms with Gasteiger partial charge in [0.2, 0.25) is 0 Å². The average molecular weight is 406 g/mol. The Kier molecular flexibility index (Phi) is 4.79. The first kappa shape index (κ1) is 18.3. The highest BCUT2D eigenvalue weighted by atomic mass is 32.1. The second-order valence-electron chi connectivity index (χ2n) is 8.16. The van der Waals surface area contributed by atoms with Crippen molar-refractivity contribution >= 4 is 27.9 Å². The molecule has 0 saturated heterocycles. The number of nitrogens with one attached hydrogen (secondary N) is 3. The van der Waals surface area contributed by atoms with E-state index >= 15 is 0 Å². The van der Waals surface area contributed by atoms with Crippen molar-refractivity contribution in [1.82, 2.24) is 4.37 Å². The number of aromatic amines is 1. The molecule has 1 aromatic heterocycles. The smallest absolute Gasteiger partial charge is 0.334 e. The zero-order valence-corrected chi connectivity index (χ0v) is 17.1. The zero-order valence-electron chi connectivity index (χ0n) is 16.3. The van der Waals surface area contributed by atoms with E-state index in [1.807, 2.05) is 0 Å². The fraction of sp³-hybridized carbons (Fsp3) is 0.348. The highest BCUT2D eigenvalue weighted by Gasteiger charge is 2.28. The van der Waals surface area contributed by atoms with Crippen LogP contribution in [0.15, 0.2) is 47.3 Å². The average Bonchev–Trinajstić information content (AvgIpc) is 3.28. The van der Waals surface area contributed by atoms with E-state index in [9.17, 15) is 4.79 Å². The summed E-state index contributed by atoms with van der Waals surface area (Å²) in [5, 5.41) is 4.11. The van der Waals surface area contributed by atoms with Crippen molar-refractivity contribution in [2.45, 2.75) is 38.5 Å². The van der Waals surface area contributed by atoms with Crippen molar-refractivity contribution in [3.63, 3.8) is 0 Å². The van der Waals surface area contributed by atoms with Gasteiger partial charge in [-0.05, 0) is 65.2 Å². The SMILES string of the molecule is N=[N+](CC1CCCCC1)c1c(Nc2ccc3c(c2)Cc2ccccc2-3)s[nH]c1=O. The molecule has 29 heavy (non-hydrogen) atoms. The molecule has 1 fully saturated rings. The van der Waals surface area contributed by atoms with Gasteiger partial charge in [0.1, 0.15) is 0 Å². The maximum atomic E-state index is 12.4. The number of hydrogen-bond donors (Lipinski definition) is 3. The van der Waals surface area contributed by atoms with E-state index in [0.717, 1.165) is 30.0 Å². The summed E-state index contributed by atoms with van der Waals surface area (Å²) in [6.45, 7) is 0.619. The summed E-state index contributed by atoms with van der Waals surface area (Å²) in [5.74, 6) is 0.506. The molecule has 0 amide bonds. The molecule has 3 aromatic rings. The number of rotatable bonds is 5. The van der Waals surface area contributed by atoms with E-state index in [1.54, 1.807) is 0 Å². The fourth-order valence-corrected chi connectivity index (χ4v) is 5.46. The maximum Gasteiger partial charge on any atom is 0.334 e. The maximum absolute atomic E-state index is 12.4. The van der Waals surface area contributed by atoms with Crippen LogP contribution in [0.3, 0.4) is 0 Å². The monoisotopic (exact) mass is 405 g/mol. The Balaban J connectivity index is 1.37. The Morgan fingerprint density at radius 2 is 1.86 bits per heavy atom. The van der Waals surface area contributed by atoms with Gasteiger partial charge in [0.05, 0.1) is 0 Å². The van der Waals surface area contributed by atoms with Crippen LogP contribution in [0, 0.1) is 11.4 Å². The summed E-state index contributed by atoms with van der Waals surface area (Å²) in [6.07, 6.45) is 7.02. The van der Waals surface area contributed by atoms with Gasteiger partial charge in [0.25, 0.3) is 0 Å². The minimum Gasteiger partial charge on any atom is -0.340 e. The molecule has 148 valence electrons. The molecule has 0 radical (unpaired) electrons. The molecule has 2 aliphatic rings. The van der Waals surface area contributed by atoms with Crippen molar-refractivity contribution in [1.29, 1.82) is 5.53 Å². The molecule has 5 nitrogen and oxygen atoms in total. The Morgan fingerprint density at radius 1 is 1.07 bits per heavy atom. The Morgan fingerprint density at radius 3 is 2.72 bits per heavy atom. The van der Waals surface area contributed by atoms with Gasteiger partial charge in [-0.2, -0.15) is 0 Å². The van der Waals surface area contributed by atoms with Crippen molar-refractivity contribution in [2.24, 2.45) is 5.92 Å². The van der Waals surface area contributed by atoms with E-state index in [0.29, 0.717) is 18.2 Å². The van der Waals surface area contributed by atoms with E-state index in [-0.39, 0.29) is 5.56 Å². The second-order valence-corrected chi connectivity index (χ2v) is 8.97. The van der Waals surface area contributed by atoms with Crippen LogP contribution >= 0.6 is 11.5 Å². The molecule has 0 aliphatic heterocycles. The van der Waals surface area contributed by atoms with Crippen molar-refractivity contribution in [3.05, 3.63) is 63.9 Å². The number of aromatic nitrogens is 1. The summed E-state index contributed by atoms with van der Waals surface area (Å²) in [4.78, 5) is 12.4. The lowest BCUT2D eigenvalue weighted by atomic mass is 9.89. The molecule has 3 N–H and O–H groups in total. The first-order chi connectivity index (χ1) is 14.2. The van der Waals surface area contributed by atoms with Crippen molar-refractivity contribution in [2.75, 3.05) is 11.9 Å². The molecule has 0 unspecified atom stereocenters. The normalized spacial score (nSPS) is 15.7. The molecule has 0 spiro atoms.